The third-order valence-corrected chi connectivity index (χ3v) is 5.98. The number of hydrogen-bond donors (Lipinski definition) is 0. The van der Waals surface area contributed by atoms with Crippen LogP contribution in [0.2, 0.25) is 6.04 Å². The van der Waals surface area contributed by atoms with Crippen LogP contribution in [0.3, 0.4) is 0 Å². The van der Waals surface area contributed by atoms with E-state index >= 15 is 0 Å². The molecule has 4 nitrogen and oxygen atoms in total. The second kappa shape index (κ2) is 12.3. The van der Waals surface area contributed by atoms with Crippen molar-refractivity contribution < 1.29 is 13.3 Å². The lowest BCUT2D eigenvalue weighted by atomic mass is 10.4. The van der Waals surface area contributed by atoms with Crippen molar-refractivity contribution in [1.82, 2.24) is 4.90 Å². The monoisotopic (exact) mass is 301 g/mol. The minimum Gasteiger partial charge on any atom is -0.374 e. The van der Waals surface area contributed by atoms with Gasteiger partial charge in [-0.2, -0.15) is 0 Å². The topological polar surface area (TPSA) is 30.9 Å². The highest BCUT2D eigenvalue weighted by Gasteiger charge is 2.39. The van der Waals surface area contributed by atoms with E-state index in [0.717, 1.165) is 32.1 Å². The largest absolute Gasteiger partial charge is 0.500 e. The Labute approximate surface area is 125 Å². The molecule has 0 aliphatic heterocycles. The number of hydrogen-bond acceptors (Lipinski definition) is 4. The predicted octanol–water partition coefficient (Wildman–Crippen LogP) is 3.10. The average molecular weight is 302 g/mol. The van der Waals surface area contributed by atoms with Crippen molar-refractivity contribution >= 4 is 8.80 Å². The summed E-state index contributed by atoms with van der Waals surface area (Å²) in [6.45, 7) is 18.2. The molecule has 0 aliphatic rings. The van der Waals surface area contributed by atoms with Gasteiger partial charge in [0.25, 0.3) is 0 Å². The Morgan fingerprint density at radius 2 is 1.35 bits per heavy atom. The maximum absolute atomic E-state index is 5.85. The highest BCUT2D eigenvalue weighted by atomic mass is 28.4. The number of nitrogens with zero attached hydrogens (tertiary/aromatic N) is 1. The van der Waals surface area contributed by atoms with E-state index in [0.29, 0.717) is 19.8 Å². The molecule has 0 unspecified atom stereocenters. The molecule has 0 saturated carbocycles. The third-order valence-electron chi connectivity index (χ3n) is 2.82. The molecule has 0 spiro atoms. The molecule has 0 aliphatic carbocycles. The van der Waals surface area contributed by atoms with Crippen molar-refractivity contribution in [2.45, 2.75) is 33.2 Å². The fourth-order valence-electron chi connectivity index (χ4n) is 2.14. The third kappa shape index (κ3) is 7.97. The fourth-order valence-corrected chi connectivity index (χ4v) is 4.74. The van der Waals surface area contributed by atoms with Gasteiger partial charge < -0.3 is 13.3 Å². The smallest absolute Gasteiger partial charge is 0.374 e. The maximum Gasteiger partial charge on any atom is 0.500 e. The van der Waals surface area contributed by atoms with Gasteiger partial charge in [0.1, 0.15) is 0 Å². The Kier molecular flexibility index (Phi) is 12.0. The standard InChI is InChI=1S/C15H31NO3Si/c1-6-12-16(13-7-2)14-11-15-20(17-8-3,18-9-4)19-10-5/h6-7H,1-2,8-15H2,3-5H3. The lowest BCUT2D eigenvalue weighted by Crippen LogP contribution is -2.46. The number of rotatable bonds is 14. The molecule has 0 bridgehead atoms. The molecule has 0 aromatic rings. The van der Waals surface area contributed by atoms with Crippen molar-refractivity contribution in [3.05, 3.63) is 25.3 Å². The minimum absolute atomic E-state index is 0.634. The summed E-state index contributed by atoms with van der Waals surface area (Å²) in [6.07, 6.45) is 4.83. The highest BCUT2D eigenvalue weighted by molar-refractivity contribution is 6.60. The summed E-state index contributed by atoms with van der Waals surface area (Å²) in [5, 5.41) is 0. The van der Waals surface area contributed by atoms with Gasteiger partial charge in [-0.05, 0) is 33.7 Å². The highest BCUT2D eigenvalue weighted by Crippen LogP contribution is 2.18. The Morgan fingerprint density at radius 1 is 0.900 bits per heavy atom. The van der Waals surface area contributed by atoms with Crippen LogP contribution in [0.4, 0.5) is 0 Å². The minimum atomic E-state index is -2.49. The summed E-state index contributed by atoms with van der Waals surface area (Å²) < 4.78 is 17.5. The Bertz CT molecular complexity index is 234. The molecule has 0 atom stereocenters. The average Bonchev–Trinajstić information content (AvgIpc) is 2.40. The van der Waals surface area contributed by atoms with Crippen molar-refractivity contribution in [2.75, 3.05) is 39.5 Å². The molecule has 0 rings (SSSR count). The summed E-state index contributed by atoms with van der Waals surface area (Å²) in [5.41, 5.74) is 0. The van der Waals surface area contributed by atoms with Crippen LogP contribution in [0.1, 0.15) is 27.2 Å². The molecular weight excluding hydrogens is 270 g/mol. The van der Waals surface area contributed by atoms with Crippen LogP contribution in [0.15, 0.2) is 25.3 Å². The Balaban J connectivity index is 4.40. The molecule has 0 saturated heterocycles. The molecular formula is C15H31NO3Si. The van der Waals surface area contributed by atoms with Gasteiger partial charge in [0, 0.05) is 39.0 Å². The molecule has 5 heteroatoms. The molecule has 0 aromatic carbocycles. The van der Waals surface area contributed by atoms with Crippen molar-refractivity contribution in [2.24, 2.45) is 0 Å². The molecule has 0 fully saturated rings. The zero-order valence-corrected chi connectivity index (χ0v) is 14.4. The van der Waals surface area contributed by atoms with Crippen LogP contribution in [-0.4, -0.2) is 53.2 Å². The van der Waals surface area contributed by atoms with E-state index < -0.39 is 8.80 Å². The zero-order valence-electron chi connectivity index (χ0n) is 13.4. The first-order valence-corrected chi connectivity index (χ1v) is 9.47. The lowest BCUT2D eigenvalue weighted by Gasteiger charge is -2.29. The second-order valence-electron chi connectivity index (χ2n) is 4.42. The summed E-state index contributed by atoms with van der Waals surface area (Å²) in [5.74, 6) is 0. The Hall–Kier alpha value is -0.463. The van der Waals surface area contributed by atoms with Gasteiger partial charge in [-0.15, -0.1) is 13.2 Å². The van der Waals surface area contributed by atoms with Crippen LogP contribution >= 0.6 is 0 Å². The Morgan fingerprint density at radius 3 is 1.70 bits per heavy atom. The van der Waals surface area contributed by atoms with Gasteiger partial charge in [-0.25, -0.2) is 0 Å². The van der Waals surface area contributed by atoms with Gasteiger partial charge in [-0.1, -0.05) is 12.2 Å². The lowest BCUT2D eigenvalue weighted by molar-refractivity contribution is 0.0701. The van der Waals surface area contributed by atoms with E-state index in [9.17, 15) is 0 Å². The quantitative estimate of drug-likeness (QED) is 0.364. The van der Waals surface area contributed by atoms with Crippen LogP contribution in [0.5, 0.6) is 0 Å². The summed E-state index contributed by atoms with van der Waals surface area (Å²) in [4.78, 5) is 2.29. The first-order valence-electron chi connectivity index (χ1n) is 7.53. The van der Waals surface area contributed by atoms with Crippen LogP contribution in [0.25, 0.3) is 0 Å². The van der Waals surface area contributed by atoms with Gasteiger partial charge in [0.2, 0.25) is 0 Å². The normalized spacial score (nSPS) is 11.8. The predicted molar refractivity (Wildman–Crippen MR) is 86.9 cm³/mol. The van der Waals surface area contributed by atoms with Crippen molar-refractivity contribution in [1.29, 1.82) is 0 Å². The summed E-state index contributed by atoms with van der Waals surface area (Å²) in [6, 6.07) is 0.854. The van der Waals surface area contributed by atoms with E-state index in [4.69, 9.17) is 13.3 Å². The SMILES string of the molecule is C=CCN(CC=C)CCC[Si](OCC)(OCC)OCC. The van der Waals surface area contributed by atoms with Crippen molar-refractivity contribution in [3.63, 3.8) is 0 Å². The molecule has 0 N–H and O–H groups in total. The van der Waals surface area contributed by atoms with Crippen LogP contribution < -0.4 is 0 Å². The first kappa shape index (κ1) is 19.5. The van der Waals surface area contributed by atoms with Crippen molar-refractivity contribution in [3.8, 4) is 0 Å². The molecule has 118 valence electrons. The molecule has 0 heterocycles. The van der Waals surface area contributed by atoms with Gasteiger partial charge in [0.15, 0.2) is 0 Å². The van der Waals surface area contributed by atoms with Gasteiger partial charge >= 0.3 is 8.80 Å². The molecule has 20 heavy (non-hydrogen) atoms. The van der Waals surface area contributed by atoms with Gasteiger partial charge in [-0.3, -0.25) is 4.90 Å². The van der Waals surface area contributed by atoms with E-state index in [2.05, 4.69) is 18.1 Å². The van der Waals surface area contributed by atoms with Gasteiger partial charge in [0.05, 0.1) is 0 Å². The second-order valence-corrected chi connectivity index (χ2v) is 7.15. The first-order chi connectivity index (χ1) is 9.67. The van der Waals surface area contributed by atoms with E-state index in [1.165, 1.54) is 0 Å². The fraction of sp³-hybridized carbons (Fsp3) is 0.733. The van der Waals surface area contributed by atoms with E-state index in [-0.39, 0.29) is 0 Å². The molecule has 0 amide bonds. The molecule has 0 radical (unpaired) electrons. The summed E-state index contributed by atoms with van der Waals surface area (Å²) in [7, 11) is -2.49. The van der Waals surface area contributed by atoms with E-state index in [1.54, 1.807) is 0 Å². The van der Waals surface area contributed by atoms with Crippen LogP contribution in [0, 0.1) is 0 Å². The summed E-state index contributed by atoms with van der Waals surface area (Å²) >= 11 is 0. The van der Waals surface area contributed by atoms with E-state index in [1.807, 2.05) is 32.9 Å². The van der Waals surface area contributed by atoms with Crippen LogP contribution in [-0.2, 0) is 13.3 Å². The maximum atomic E-state index is 5.85. The zero-order chi connectivity index (χ0) is 15.3. The molecule has 0 aromatic heterocycles.